The molecule has 4 rings (SSSR count). The summed E-state index contributed by atoms with van der Waals surface area (Å²) < 4.78 is 0. The lowest BCUT2D eigenvalue weighted by molar-refractivity contribution is -0.247. The minimum atomic E-state index is -0.646. The molecule has 32 heavy (non-hydrogen) atoms. The molecule has 182 valence electrons. The molecule has 4 fully saturated rings. The van der Waals surface area contributed by atoms with Crippen molar-refractivity contribution in [1.82, 2.24) is 0 Å². The van der Waals surface area contributed by atoms with Crippen LogP contribution in [0.5, 0.6) is 0 Å². The van der Waals surface area contributed by atoms with Gasteiger partial charge in [0.15, 0.2) is 0 Å². The summed E-state index contributed by atoms with van der Waals surface area (Å²) >= 11 is 0. The van der Waals surface area contributed by atoms with Crippen molar-refractivity contribution >= 4 is 5.97 Å². The number of carboxylic acid groups (broad SMARTS) is 1. The number of carboxylic acids is 1. The van der Waals surface area contributed by atoms with E-state index in [1.807, 2.05) is 0 Å². The second-order valence-electron chi connectivity index (χ2n) is 14.7. The molecule has 4 aliphatic carbocycles. The zero-order valence-electron chi connectivity index (χ0n) is 22.2. The van der Waals surface area contributed by atoms with Crippen LogP contribution in [0.1, 0.15) is 119 Å². The van der Waals surface area contributed by atoms with Crippen LogP contribution in [0.25, 0.3) is 0 Å². The minimum Gasteiger partial charge on any atom is -0.481 e. The molecule has 4 aliphatic rings. The molecule has 2 heteroatoms. The van der Waals surface area contributed by atoms with Crippen LogP contribution in [0.15, 0.2) is 12.7 Å². The minimum absolute atomic E-state index is 0.0564. The standard InChI is InChI=1S/C30H50O2/c1-9-26(4)13-12-22-28(6,21(26)10-11-24(31)32)17-19-30(8)23-20-25(2,3)14-15-27(23,5)16-18-29(22,30)7/h9,21-23H,1,10-20H2,2-8H3,(H,31,32)/t21-,22-,23+,26-,27+,28-,29+,30-/m0/s1. The maximum atomic E-state index is 11.6. The Morgan fingerprint density at radius 2 is 1.47 bits per heavy atom. The van der Waals surface area contributed by atoms with Crippen LogP contribution in [-0.4, -0.2) is 11.1 Å². The highest BCUT2D eigenvalue weighted by Gasteiger charge is 2.69. The van der Waals surface area contributed by atoms with Gasteiger partial charge >= 0.3 is 5.97 Å². The van der Waals surface area contributed by atoms with E-state index in [0.717, 1.165) is 12.3 Å². The van der Waals surface area contributed by atoms with Gasteiger partial charge in [0.1, 0.15) is 0 Å². The van der Waals surface area contributed by atoms with Crippen molar-refractivity contribution < 1.29 is 9.90 Å². The molecule has 0 bridgehead atoms. The van der Waals surface area contributed by atoms with Crippen LogP contribution in [0.2, 0.25) is 0 Å². The number of fused-ring (bicyclic) bond motifs is 5. The molecule has 0 heterocycles. The van der Waals surface area contributed by atoms with Crippen molar-refractivity contribution in [3.63, 3.8) is 0 Å². The van der Waals surface area contributed by atoms with Gasteiger partial charge in [0.05, 0.1) is 0 Å². The van der Waals surface area contributed by atoms with Gasteiger partial charge in [0.25, 0.3) is 0 Å². The summed E-state index contributed by atoms with van der Waals surface area (Å²) in [5.74, 6) is 1.27. The summed E-state index contributed by atoms with van der Waals surface area (Å²) in [4.78, 5) is 11.6. The van der Waals surface area contributed by atoms with Crippen LogP contribution in [0, 0.1) is 50.2 Å². The van der Waals surface area contributed by atoms with Crippen molar-refractivity contribution in [3.05, 3.63) is 12.7 Å². The quantitative estimate of drug-likeness (QED) is 0.443. The normalized spacial score (nSPS) is 52.3. The molecular weight excluding hydrogens is 392 g/mol. The zero-order chi connectivity index (χ0) is 23.8. The summed E-state index contributed by atoms with van der Waals surface area (Å²) in [6.07, 6.45) is 15.2. The van der Waals surface area contributed by atoms with Crippen molar-refractivity contribution in [2.75, 3.05) is 0 Å². The Kier molecular flexibility index (Phi) is 5.59. The molecule has 0 amide bonds. The topological polar surface area (TPSA) is 37.3 Å². The van der Waals surface area contributed by atoms with Gasteiger partial charge in [0.2, 0.25) is 0 Å². The number of carbonyl (C=O) groups is 1. The first-order valence-corrected chi connectivity index (χ1v) is 13.5. The third-order valence-electron chi connectivity index (χ3n) is 12.7. The summed E-state index contributed by atoms with van der Waals surface area (Å²) in [7, 11) is 0. The molecule has 8 atom stereocenters. The maximum Gasteiger partial charge on any atom is 0.303 e. The molecular formula is C30H50O2. The van der Waals surface area contributed by atoms with Crippen molar-refractivity contribution in [1.29, 1.82) is 0 Å². The van der Waals surface area contributed by atoms with E-state index in [1.165, 1.54) is 57.8 Å². The van der Waals surface area contributed by atoms with Crippen LogP contribution >= 0.6 is 0 Å². The molecule has 0 aromatic heterocycles. The number of rotatable bonds is 4. The fraction of sp³-hybridized carbons (Fsp3) is 0.900. The van der Waals surface area contributed by atoms with Gasteiger partial charge in [-0.3, -0.25) is 4.79 Å². The number of allylic oxidation sites excluding steroid dienone is 1. The Hall–Kier alpha value is -0.790. The van der Waals surface area contributed by atoms with Crippen LogP contribution in [-0.2, 0) is 4.79 Å². The number of hydrogen-bond acceptors (Lipinski definition) is 1. The lowest BCUT2D eigenvalue weighted by atomic mass is 9.31. The van der Waals surface area contributed by atoms with Crippen LogP contribution < -0.4 is 0 Å². The Morgan fingerprint density at radius 1 is 0.875 bits per heavy atom. The predicted octanol–water partition coefficient (Wildman–Crippen LogP) is 8.51. The molecule has 1 N–H and O–H groups in total. The molecule has 2 nitrogen and oxygen atoms in total. The Bertz CT molecular complexity index is 784. The van der Waals surface area contributed by atoms with Crippen LogP contribution in [0.3, 0.4) is 0 Å². The zero-order valence-corrected chi connectivity index (χ0v) is 22.2. The van der Waals surface area contributed by atoms with Gasteiger partial charge in [0, 0.05) is 6.42 Å². The predicted molar refractivity (Wildman–Crippen MR) is 133 cm³/mol. The summed E-state index contributed by atoms with van der Waals surface area (Å²) in [6, 6.07) is 0. The van der Waals surface area contributed by atoms with Crippen molar-refractivity contribution in [2.24, 2.45) is 50.2 Å². The molecule has 0 spiro atoms. The van der Waals surface area contributed by atoms with E-state index in [4.69, 9.17) is 0 Å². The largest absolute Gasteiger partial charge is 0.481 e. The highest BCUT2D eigenvalue weighted by molar-refractivity contribution is 5.66. The first kappa shape index (κ1) is 24.3. The van der Waals surface area contributed by atoms with E-state index in [9.17, 15) is 9.90 Å². The third kappa shape index (κ3) is 3.28. The van der Waals surface area contributed by atoms with E-state index in [-0.39, 0.29) is 10.8 Å². The third-order valence-corrected chi connectivity index (χ3v) is 12.7. The fourth-order valence-electron chi connectivity index (χ4n) is 10.3. The summed E-state index contributed by atoms with van der Waals surface area (Å²) in [5.41, 5.74) is 1.97. The molecule has 0 radical (unpaired) electrons. The molecule has 0 aromatic carbocycles. The highest BCUT2D eigenvalue weighted by Crippen LogP contribution is 2.77. The first-order valence-electron chi connectivity index (χ1n) is 13.5. The van der Waals surface area contributed by atoms with E-state index in [2.05, 4.69) is 61.1 Å². The van der Waals surface area contributed by atoms with Gasteiger partial charge < -0.3 is 5.11 Å². The van der Waals surface area contributed by atoms with Gasteiger partial charge in [-0.2, -0.15) is 0 Å². The average molecular weight is 443 g/mol. The average Bonchev–Trinajstić information content (AvgIpc) is 2.70. The Morgan fingerprint density at radius 3 is 2.09 bits per heavy atom. The maximum absolute atomic E-state index is 11.6. The fourth-order valence-corrected chi connectivity index (χ4v) is 10.3. The van der Waals surface area contributed by atoms with Crippen molar-refractivity contribution in [3.8, 4) is 0 Å². The van der Waals surface area contributed by atoms with Gasteiger partial charge in [-0.05, 0) is 114 Å². The highest BCUT2D eigenvalue weighted by atomic mass is 16.4. The molecule has 0 aromatic rings. The summed E-state index contributed by atoms with van der Waals surface area (Å²) in [6.45, 7) is 22.2. The second-order valence-corrected chi connectivity index (χ2v) is 14.7. The van der Waals surface area contributed by atoms with Crippen molar-refractivity contribution in [2.45, 2.75) is 119 Å². The van der Waals surface area contributed by atoms with E-state index in [0.29, 0.717) is 39.9 Å². The smallest absolute Gasteiger partial charge is 0.303 e. The van der Waals surface area contributed by atoms with E-state index in [1.54, 1.807) is 0 Å². The summed E-state index contributed by atoms with van der Waals surface area (Å²) in [5, 5.41) is 9.53. The second kappa shape index (κ2) is 7.35. The lowest BCUT2D eigenvalue weighted by Gasteiger charge is -2.74. The molecule has 4 saturated carbocycles. The lowest BCUT2D eigenvalue weighted by Crippen LogP contribution is -2.66. The van der Waals surface area contributed by atoms with Gasteiger partial charge in [-0.1, -0.05) is 54.5 Å². The Labute approximate surface area is 198 Å². The number of hydrogen-bond donors (Lipinski definition) is 1. The van der Waals surface area contributed by atoms with Gasteiger partial charge in [-0.25, -0.2) is 0 Å². The first-order chi connectivity index (χ1) is 14.7. The SMILES string of the molecule is C=C[C@@]1(C)CC[C@H]2[C@@](C)(CC[C@@]3(C)[C@@H]4CC(C)(C)CC[C@]4(C)CC[C@]23C)[C@H]1CCC(=O)O. The van der Waals surface area contributed by atoms with Crippen LogP contribution in [0.4, 0.5) is 0 Å². The number of aliphatic carboxylic acids is 1. The molecule has 0 saturated heterocycles. The van der Waals surface area contributed by atoms with Gasteiger partial charge in [-0.15, -0.1) is 6.58 Å². The monoisotopic (exact) mass is 442 g/mol. The molecule has 0 unspecified atom stereocenters. The Balaban J connectivity index is 1.74. The van der Waals surface area contributed by atoms with E-state index < -0.39 is 5.97 Å². The molecule has 0 aliphatic heterocycles. The van der Waals surface area contributed by atoms with E-state index >= 15 is 0 Å².